The number of nitrogens with one attached hydrogen (secondary N) is 3. The van der Waals surface area contributed by atoms with Crippen molar-refractivity contribution in [2.45, 2.75) is 44.8 Å². The Bertz CT molecular complexity index is 838. The monoisotopic (exact) mass is 506 g/mol. The number of ether oxygens (including phenoxy) is 3. The second-order valence-corrected chi connectivity index (χ2v) is 9.48. The molecule has 5 N–H and O–H groups in total. The third-order valence-corrected chi connectivity index (χ3v) is 6.53. The van der Waals surface area contributed by atoms with E-state index in [1.165, 1.54) is 24.1 Å². The second kappa shape index (κ2) is 11.9. The average Bonchev–Trinajstić information content (AvgIpc) is 2.99. The first-order valence-electron chi connectivity index (χ1n) is 10.5. The van der Waals surface area contributed by atoms with Gasteiger partial charge in [-0.1, -0.05) is 6.58 Å². The quantitative estimate of drug-likeness (QED) is 0.155. The Hall–Kier alpha value is -2.32. The number of aliphatic hydroxyl groups excluding tert-OH is 1. The fraction of sp³-hybridized carbons (Fsp3) is 0.632. The molecule has 2 rings (SSSR count). The number of aliphatic hydroxyl groups is 2. The Morgan fingerprint density at radius 3 is 2.32 bits per heavy atom. The smallest absolute Gasteiger partial charge is 0.341 e. The molecule has 1 amide bonds. The third-order valence-electron chi connectivity index (χ3n) is 4.87. The molecular formula is C19H31N4O10P. The van der Waals surface area contributed by atoms with Gasteiger partial charge in [-0.25, -0.2) is 10.2 Å². The van der Waals surface area contributed by atoms with E-state index in [-0.39, 0.29) is 19.0 Å². The lowest BCUT2D eigenvalue weighted by molar-refractivity contribution is -0.142. The van der Waals surface area contributed by atoms with Crippen LogP contribution in [0.1, 0.15) is 20.8 Å². The van der Waals surface area contributed by atoms with Crippen LogP contribution in [0.15, 0.2) is 24.7 Å². The Morgan fingerprint density at radius 1 is 1.26 bits per heavy atom. The van der Waals surface area contributed by atoms with Gasteiger partial charge in [0.05, 0.1) is 19.8 Å². The van der Waals surface area contributed by atoms with Gasteiger partial charge in [0.25, 0.3) is 5.91 Å². The molecular weight excluding hydrogens is 475 g/mol. The van der Waals surface area contributed by atoms with E-state index >= 15 is 0 Å². The number of amides is 1. The van der Waals surface area contributed by atoms with Gasteiger partial charge < -0.3 is 39.2 Å². The van der Waals surface area contributed by atoms with Crippen LogP contribution in [-0.2, 0) is 37.7 Å². The van der Waals surface area contributed by atoms with Crippen LogP contribution in [0, 0.1) is 0 Å². The van der Waals surface area contributed by atoms with Crippen molar-refractivity contribution in [2.24, 2.45) is 0 Å². The van der Waals surface area contributed by atoms with Gasteiger partial charge in [0.1, 0.15) is 36.7 Å². The molecule has 0 aromatic heterocycles. The van der Waals surface area contributed by atoms with Crippen LogP contribution < -0.4 is 15.5 Å². The number of rotatable bonds is 12. The summed E-state index contributed by atoms with van der Waals surface area (Å²) >= 11 is 0. The molecule has 14 nitrogen and oxygen atoms in total. The fourth-order valence-corrected chi connectivity index (χ4v) is 4.50. The minimum atomic E-state index is -4.04. The Morgan fingerprint density at radius 2 is 1.82 bits per heavy atom. The molecule has 0 aliphatic carbocycles. The van der Waals surface area contributed by atoms with Crippen molar-refractivity contribution in [3.63, 3.8) is 0 Å². The maximum Gasteiger partial charge on any atom is 0.341 e. The number of hydrogen-bond donors (Lipinski definition) is 5. The standard InChI is InChI=1S/C19H31N4O10P/c1-5-30-15(25)9-20-34(29,21-10-16(26)31-6-2)32-11-13-17(27)19(4,28)18(33-13)23-8-7-14(24)22-12(23)3/h7-8,13,17-18,27-28H,3,5-6,9-11H2,1-2,4H3,(H,22,24)(H2,20,21,29)/t13-,17+,18-,19?/m1/s1. The molecule has 0 saturated carbocycles. The van der Waals surface area contributed by atoms with Gasteiger partial charge >= 0.3 is 19.6 Å². The summed E-state index contributed by atoms with van der Waals surface area (Å²) in [7, 11) is -4.04. The lowest BCUT2D eigenvalue weighted by Gasteiger charge is -2.37. The second-order valence-electron chi connectivity index (χ2n) is 7.48. The van der Waals surface area contributed by atoms with E-state index in [9.17, 15) is 29.2 Å². The summed E-state index contributed by atoms with van der Waals surface area (Å²) in [6, 6.07) is 0. The number of carbonyl (C=O) groups excluding carboxylic acids is 3. The molecule has 0 aromatic rings. The van der Waals surface area contributed by atoms with Crippen molar-refractivity contribution in [3.8, 4) is 0 Å². The number of carbonyl (C=O) groups is 3. The average molecular weight is 506 g/mol. The van der Waals surface area contributed by atoms with E-state index in [4.69, 9.17) is 18.7 Å². The maximum absolute atomic E-state index is 13.2. The summed E-state index contributed by atoms with van der Waals surface area (Å²) in [6.45, 7) is 6.94. The van der Waals surface area contributed by atoms with Crippen LogP contribution >= 0.6 is 7.67 Å². The lowest BCUT2D eigenvalue weighted by Crippen LogP contribution is -2.53. The molecule has 34 heavy (non-hydrogen) atoms. The highest BCUT2D eigenvalue weighted by molar-refractivity contribution is 7.54. The highest BCUT2D eigenvalue weighted by Crippen LogP contribution is 2.40. The summed E-state index contributed by atoms with van der Waals surface area (Å²) in [5.41, 5.74) is -1.84. The minimum Gasteiger partial charge on any atom is -0.465 e. The van der Waals surface area contributed by atoms with Crippen LogP contribution in [0.2, 0.25) is 0 Å². The van der Waals surface area contributed by atoms with Crippen LogP contribution in [0.4, 0.5) is 0 Å². The Labute approximate surface area is 196 Å². The Balaban J connectivity index is 2.09. The van der Waals surface area contributed by atoms with Gasteiger partial charge in [0.15, 0.2) is 6.23 Å². The largest absolute Gasteiger partial charge is 0.465 e. The highest BCUT2D eigenvalue weighted by atomic mass is 31.2. The summed E-state index contributed by atoms with van der Waals surface area (Å²) in [5, 5.41) is 28.7. The van der Waals surface area contributed by atoms with E-state index in [1.54, 1.807) is 13.8 Å². The topological polar surface area (TPSA) is 185 Å². The summed E-state index contributed by atoms with van der Waals surface area (Å²) in [4.78, 5) is 36.1. The van der Waals surface area contributed by atoms with Gasteiger partial charge in [0, 0.05) is 12.3 Å². The zero-order valence-electron chi connectivity index (χ0n) is 19.2. The molecule has 2 aliphatic rings. The van der Waals surface area contributed by atoms with Crippen molar-refractivity contribution >= 4 is 25.5 Å². The number of esters is 2. The van der Waals surface area contributed by atoms with Crippen molar-refractivity contribution < 1.29 is 47.9 Å². The fourth-order valence-electron chi connectivity index (χ4n) is 3.17. The predicted molar refractivity (Wildman–Crippen MR) is 116 cm³/mol. The molecule has 1 saturated heterocycles. The lowest BCUT2D eigenvalue weighted by atomic mass is 9.96. The summed E-state index contributed by atoms with van der Waals surface area (Å²) < 4.78 is 33.9. The SMILES string of the molecule is C=C1NC(=O)C=CN1[C@@H]1O[C@H](COP(=O)(NCC(=O)OCC)NCC(=O)OCC)[C@H](O)C1(C)O. The van der Waals surface area contributed by atoms with Crippen molar-refractivity contribution in [3.05, 3.63) is 24.7 Å². The van der Waals surface area contributed by atoms with E-state index in [1.807, 2.05) is 0 Å². The first-order chi connectivity index (χ1) is 15.9. The van der Waals surface area contributed by atoms with Crippen LogP contribution in [0.5, 0.6) is 0 Å². The molecule has 4 atom stereocenters. The van der Waals surface area contributed by atoms with Gasteiger partial charge in [-0.05, 0) is 20.8 Å². The first kappa shape index (κ1) is 27.9. The van der Waals surface area contributed by atoms with E-state index in [2.05, 4.69) is 22.1 Å². The van der Waals surface area contributed by atoms with Crippen LogP contribution in [0.25, 0.3) is 0 Å². The molecule has 0 aromatic carbocycles. The minimum absolute atomic E-state index is 0.108. The first-order valence-corrected chi connectivity index (χ1v) is 12.1. The normalized spacial score (nSPS) is 27.0. The van der Waals surface area contributed by atoms with Crippen molar-refractivity contribution in [2.75, 3.05) is 32.9 Å². The molecule has 1 unspecified atom stereocenters. The zero-order chi connectivity index (χ0) is 25.5. The van der Waals surface area contributed by atoms with Crippen molar-refractivity contribution in [1.82, 2.24) is 20.4 Å². The van der Waals surface area contributed by atoms with Gasteiger partial charge in [-0.2, -0.15) is 0 Å². The predicted octanol–water partition coefficient (Wildman–Crippen LogP) is -1.33. The van der Waals surface area contributed by atoms with Gasteiger partial charge in [0.2, 0.25) is 0 Å². The van der Waals surface area contributed by atoms with Crippen molar-refractivity contribution in [1.29, 1.82) is 0 Å². The third kappa shape index (κ3) is 7.09. The Kier molecular flexibility index (Phi) is 9.76. The molecule has 2 aliphatic heterocycles. The number of nitrogens with zero attached hydrogens (tertiary/aromatic N) is 1. The molecule has 0 spiro atoms. The summed E-state index contributed by atoms with van der Waals surface area (Å²) in [6.07, 6.45) is -1.32. The zero-order valence-corrected chi connectivity index (χ0v) is 20.1. The molecule has 0 radical (unpaired) electrons. The number of hydrogen-bond acceptors (Lipinski definition) is 11. The van der Waals surface area contributed by atoms with Crippen LogP contribution in [-0.4, -0.2) is 89.9 Å². The van der Waals surface area contributed by atoms with E-state index < -0.39 is 69.2 Å². The van der Waals surface area contributed by atoms with Gasteiger partial charge in [-0.3, -0.25) is 18.9 Å². The molecule has 1 fully saturated rings. The molecule has 15 heteroatoms. The highest BCUT2D eigenvalue weighted by Gasteiger charge is 2.55. The molecule has 0 bridgehead atoms. The molecule has 192 valence electrons. The molecule has 2 heterocycles. The summed E-state index contributed by atoms with van der Waals surface area (Å²) in [5.74, 6) is -1.71. The van der Waals surface area contributed by atoms with Crippen LogP contribution in [0.3, 0.4) is 0 Å². The maximum atomic E-state index is 13.2. The van der Waals surface area contributed by atoms with E-state index in [0.717, 1.165) is 0 Å². The van der Waals surface area contributed by atoms with E-state index in [0.29, 0.717) is 0 Å². The van der Waals surface area contributed by atoms with Gasteiger partial charge in [-0.15, -0.1) is 0 Å².